The van der Waals surface area contributed by atoms with Crippen molar-refractivity contribution in [2.75, 3.05) is 6.61 Å². The molecule has 0 saturated heterocycles. The van der Waals surface area contributed by atoms with E-state index in [-0.39, 0.29) is 30.2 Å². The van der Waals surface area contributed by atoms with E-state index in [1.165, 1.54) is 4.57 Å². The number of aromatic nitrogens is 1. The van der Waals surface area contributed by atoms with E-state index < -0.39 is 5.97 Å². The molecule has 0 atom stereocenters. The van der Waals surface area contributed by atoms with Crippen LogP contribution in [0.25, 0.3) is 0 Å². The zero-order chi connectivity index (χ0) is 18.7. The number of hydrogen-bond acceptors (Lipinski definition) is 5. The number of carbonyl (C=O) groups excluding carboxylic acids is 2. The number of carbonyl (C=O) groups is 2. The van der Waals surface area contributed by atoms with E-state index in [9.17, 15) is 14.4 Å². The molecule has 2 rings (SSSR count). The van der Waals surface area contributed by atoms with Gasteiger partial charge >= 0.3 is 10.8 Å². The van der Waals surface area contributed by atoms with Crippen molar-refractivity contribution in [1.82, 2.24) is 4.57 Å². The van der Waals surface area contributed by atoms with Crippen molar-refractivity contribution < 1.29 is 14.3 Å². The lowest BCUT2D eigenvalue weighted by molar-refractivity contribution is -0.142. The maximum absolute atomic E-state index is 12.5. The van der Waals surface area contributed by atoms with Gasteiger partial charge in [-0.25, -0.2) is 0 Å². The van der Waals surface area contributed by atoms with Crippen molar-refractivity contribution in [1.29, 1.82) is 0 Å². The fourth-order valence-corrected chi connectivity index (χ4v) is 3.56. The Hall–Kier alpha value is -2.21. The Balaban J connectivity index is 1.99. The molecule has 0 aliphatic rings. The SMILES string of the molecule is Cc1cc(C)c(C)c(C(=O)COC(=O)CCn2c(C)csc2=O)c1C. The highest BCUT2D eigenvalue weighted by Gasteiger charge is 2.17. The van der Waals surface area contributed by atoms with Crippen LogP contribution >= 0.6 is 11.3 Å². The molecule has 1 heterocycles. The molecule has 0 spiro atoms. The highest BCUT2D eigenvalue weighted by molar-refractivity contribution is 7.07. The normalized spacial score (nSPS) is 10.8. The molecule has 0 fully saturated rings. The van der Waals surface area contributed by atoms with Gasteiger partial charge in [0.25, 0.3) is 0 Å². The molecule has 6 heteroatoms. The van der Waals surface area contributed by atoms with Crippen LogP contribution in [-0.4, -0.2) is 22.9 Å². The Labute approximate surface area is 151 Å². The first-order valence-electron chi connectivity index (χ1n) is 8.13. The summed E-state index contributed by atoms with van der Waals surface area (Å²) in [4.78, 5) is 35.9. The van der Waals surface area contributed by atoms with Gasteiger partial charge in [0.1, 0.15) is 0 Å². The van der Waals surface area contributed by atoms with E-state index in [2.05, 4.69) is 0 Å². The molecule has 5 nitrogen and oxygen atoms in total. The molecule has 0 amide bonds. The van der Waals surface area contributed by atoms with Crippen LogP contribution < -0.4 is 4.87 Å². The average Bonchev–Trinajstić information content (AvgIpc) is 2.87. The first-order chi connectivity index (χ1) is 11.7. The van der Waals surface area contributed by atoms with Gasteiger partial charge < -0.3 is 9.30 Å². The van der Waals surface area contributed by atoms with Crippen molar-refractivity contribution in [3.05, 3.63) is 54.6 Å². The summed E-state index contributed by atoms with van der Waals surface area (Å²) in [6.07, 6.45) is 0.0650. The Bertz CT molecular complexity index is 850. The van der Waals surface area contributed by atoms with Crippen molar-refractivity contribution in [3.63, 3.8) is 0 Å². The van der Waals surface area contributed by atoms with E-state index in [0.29, 0.717) is 5.56 Å². The Kier molecular flexibility index (Phi) is 5.95. The minimum Gasteiger partial charge on any atom is -0.457 e. The van der Waals surface area contributed by atoms with Gasteiger partial charge in [-0.2, -0.15) is 0 Å². The standard InChI is InChI=1S/C19H23NO4S/c1-11-8-12(2)15(5)18(14(11)4)16(21)9-24-17(22)6-7-20-13(3)10-25-19(20)23/h8,10H,6-7,9H2,1-5H3. The highest BCUT2D eigenvalue weighted by Crippen LogP contribution is 2.22. The molecular formula is C19H23NO4S. The number of hydrogen-bond donors (Lipinski definition) is 0. The van der Waals surface area contributed by atoms with E-state index in [1.54, 1.807) is 5.38 Å². The lowest BCUT2D eigenvalue weighted by atomic mass is 9.92. The number of benzene rings is 1. The molecule has 0 unspecified atom stereocenters. The maximum atomic E-state index is 12.5. The van der Waals surface area contributed by atoms with E-state index >= 15 is 0 Å². The van der Waals surface area contributed by atoms with Crippen LogP contribution in [0.4, 0.5) is 0 Å². The van der Waals surface area contributed by atoms with Crippen LogP contribution in [-0.2, 0) is 16.1 Å². The molecule has 0 radical (unpaired) electrons. The third kappa shape index (κ3) is 4.25. The van der Waals surface area contributed by atoms with Crippen LogP contribution in [0.2, 0.25) is 0 Å². The van der Waals surface area contributed by atoms with E-state index in [1.807, 2.05) is 40.7 Å². The first-order valence-corrected chi connectivity index (χ1v) is 9.01. The van der Waals surface area contributed by atoms with Crippen LogP contribution in [0.15, 0.2) is 16.2 Å². The molecule has 1 aromatic carbocycles. The third-order valence-corrected chi connectivity index (χ3v) is 5.41. The second-order valence-corrected chi connectivity index (χ2v) is 7.08. The molecule has 0 bridgehead atoms. The lowest BCUT2D eigenvalue weighted by Gasteiger charge is -2.14. The topological polar surface area (TPSA) is 65.4 Å². The summed E-state index contributed by atoms with van der Waals surface area (Å²) >= 11 is 1.11. The zero-order valence-electron chi connectivity index (χ0n) is 15.3. The predicted molar refractivity (Wildman–Crippen MR) is 98.6 cm³/mol. The van der Waals surface area contributed by atoms with Crippen molar-refractivity contribution in [3.8, 4) is 0 Å². The van der Waals surface area contributed by atoms with E-state index in [4.69, 9.17) is 4.74 Å². The van der Waals surface area contributed by atoms with Crippen molar-refractivity contribution in [2.24, 2.45) is 0 Å². The number of aryl methyl sites for hydroxylation is 3. The molecule has 0 N–H and O–H groups in total. The summed E-state index contributed by atoms with van der Waals surface area (Å²) in [7, 11) is 0. The Morgan fingerprint density at radius 2 is 1.68 bits per heavy atom. The summed E-state index contributed by atoms with van der Waals surface area (Å²) in [5, 5.41) is 1.75. The largest absolute Gasteiger partial charge is 0.457 e. The van der Waals surface area contributed by atoms with Gasteiger partial charge in [0.15, 0.2) is 6.61 Å². The molecule has 0 saturated carbocycles. The molecule has 25 heavy (non-hydrogen) atoms. The van der Waals surface area contributed by atoms with Gasteiger partial charge in [-0.15, -0.1) is 0 Å². The number of ether oxygens (including phenoxy) is 1. The summed E-state index contributed by atoms with van der Waals surface area (Å²) in [5.41, 5.74) is 5.39. The zero-order valence-corrected chi connectivity index (χ0v) is 16.1. The second kappa shape index (κ2) is 7.78. The summed E-state index contributed by atoms with van der Waals surface area (Å²) in [6.45, 7) is 9.55. The van der Waals surface area contributed by atoms with Crippen molar-refractivity contribution >= 4 is 23.1 Å². The number of thiazole rings is 1. The average molecular weight is 361 g/mol. The number of ketones is 1. The van der Waals surface area contributed by atoms with Gasteiger partial charge in [0.05, 0.1) is 6.42 Å². The third-order valence-electron chi connectivity index (χ3n) is 4.53. The summed E-state index contributed by atoms with van der Waals surface area (Å²) in [6, 6.07) is 2.05. The highest BCUT2D eigenvalue weighted by atomic mass is 32.1. The second-order valence-electron chi connectivity index (χ2n) is 6.26. The Morgan fingerprint density at radius 1 is 1.08 bits per heavy atom. The number of Topliss-reactive ketones (excluding diaryl/α,β-unsaturated/α-hetero) is 1. The Morgan fingerprint density at radius 3 is 2.20 bits per heavy atom. The molecule has 134 valence electrons. The molecule has 1 aromatic heterocycles. The van der Waals surface area contributed by atoms with Gasteiger partial charge in [-0.3, -0.25) is 14.4 Å². The summed E-state index contributed by atoms with van der Waals surface area (Å²) in [5.74, 6) is -0.676. The fraction of sp³-hybridized carbons (Fsp3) is 0.421. The molecule has 2 aromatic rings. The van der Waals surface area contributed by atoms with Crippen LogP contribution in [0.3, 0.4) is 0 Å². The predicted octanol–water partition coefficient (Wildman–Crippen LogP) is 3.27. The number of esters is 1. The summed E-state index contributed by atoms with van der Waals surface area (Å²) < 4.78 is 6.66. The fourth-order valence-electron chi connectivity index (χ4n) is 2.80. The first kappa shape index (κ1) is 19.1. The maximum Gasteiger partial charge on any atom is 0.308 e. The van der Waals surface area contributed by atoms with Gasteiger partial charge in [0.2, 0.25) is 5.78 Å². The minimum absolute atomic E-state index is 0.0650. The molecular weight excluding hydrogens is 338 g/mol. The molecule has 0 aliphatic heterocycles. The van der Waals surface area contributed by atoms with Crippen LogP contribution in [0, 0.1) is 34.6 Å². The monoisotopic (exact) mass is 361 g/mol. The number of nitrogens with zero attached hydrogens (tertiary/aromatic N) is 1. The lowest BCUT2D eigenvalue weighted by Crippen LogP contribution is -2.20. The smallest absolute Gasteiger partial charge is 0.308 e. The van der Waals surface area contributed by atoms with Gasteiger partial charge in [0, 0.05) is 23.2 Å². The van der Waals surface area contributed by atoms with E-state index in [0.717, 1.165) is 39.3 Å². The minimum atomic E-state index is -0.481. The van der Waals surface area contributed by atoms with Crippen LogP contribution in [0.1, 0.15) is 44.7 Å². The van der Waals surface area contributed by atoms with Crippen molar-refractivity contribution in [2.45, 2.75) is 47.6 Å². The van der Waals surface area contributed by atoms with Crippen LogP contribution in [0.5, 0.6) is 0 Å². The quantitative estimate of drug-likeness (QED) is 0.585. The number of rotatable bonds is 6. The van der Waals surface area contributed by atoms with Gasteiger partial charge in [-0.1, -0.05) is 17.4 Å². The molecule has 0 aliphatic carbocycles. The van der Waals surface area contributed by atoms with Gasteiger partial charge in [-0.05, 0) is 56.9 Å².